The van der Waals surface area contributed by atoms with Crippen LogP contribution in [-0.4, -0.2) is 9.55 Å². The van der Waals surface area contributed by atoms with Crippen LogP contribution in [-0.2, 0) is 13.6 Å². The first-order valence-electron chi connectivity index (χ1n) is 5.12. The molecule has 16 heavy (non-hydrogen) atoms. The summed E-state index contributed by atoms with van der Waals surface area (Å²) in [5.41, 5.74) is 2.94. The van der Waals surface area contributed by atoms with Gasteiger partial charge in [0.15, 0.2) is 0 Å². The SMILES string of the molecule is Cc1cc(F)ccc1NCc1cncn1C. The lowest BCUT2D eigenvalue weighted by Crippen LogP contribution is -2.05. The first kappa shape index (κ1) is 10.7. The molecule has 0 atom stereocenters. The Morgan fingerprint density at radius 2 is 2.25 bits per heavy atom. The topological polar surface area (TPSA) is 29.9 Å². The highest BCUT2D eigenvalue weighted by atomic mass is 19.1. The molecule has 0 bridgehead atoms. The summed E-state index contributed by atoms with van der Waals surface area (Å²) in [6.45, 7) is 2.57. The van der Waals surface area contributed by atoms with Gasteiger partial charge in [-0.15, -0.1) is 0 Å². The molecule has 0 saturated carbocycles. The van der Waals surface area contributed by atoms with Crippen LogP contribution < -0.4 is 5.32 Å². The summed E-state index contributed by atoms with van der Waals surface area (Å²) in [5.74, 6) is -0.205. The Kier molecular flexibility index (Phi) is 2.90. The number of imidazole rings is 1. The highest BCUT2D eigenvalue weighted by Crippen LogP contribution is 2.16. The van der Waals surface area contributed by atoms with E-state index in [1.54, 1.807) is 12.4 Å². The molecular formula is C12H14FN3. The number of anilines is 1. The van der Waals surface area contributed by atoms with E-state index in [1.807, 2.05) is 24.7 Å². The third-order valence-electron chi connectivity index (χ3n) is 2.56. The fraction of sp³-hybridized carbons (Fsp3) is 0.250. The van der Waals surface area contributed by atoms with Crippen LogP contribution in [0.1, 0.15) is 11.3 Å². The second-order valence-corrected chi connectivity index (χ2v) is 3.81. The lowest BCUT2D eigenvalue weighted by molar-refractivity contribution is 0.627. The lowest BCUT2D eigenvalue weighted by atomic mass is 10.2. The van der Waals surface area contributed by atoms with E-state index in [1.165, 1.54) is 12.1 Å². The smallest absolute Gasteiger partial charge is 0.123 e. The zero-order valence-electron chi connectivity index (χ0n) is 9.37. The number of benzene rings is 1. The van der Waals surface area contributed by atoms with Crippen LogP contribution in [0.2, 0.25) is 0 Å². The maximum absolute atomic E-state index is 12.9. The first-order valence-corrected chi connectivity index (χ1v) is 5.12. The van der Waals surface area contributed by atoms with Gasteiger partial charge in [-0.3, -0.25) is 0 Å². The van der Waals surface area contributed by atoms with Gasteiger partial charge >= 0.3 is 0 Å². The minimum Gasteiger partial charge on any atom is -0.379 e. The molecule has 4 heteroatoms. The Morgan fingerprint density at radius 3 is 2.88 bits per heavy atom. The quantitative estimate of drug-likeness (QED) is 0.859. The number of halogens is 1. The van der Waals surface area contributed by atoms with Gasteiger partial charge in [-0.05, 0) is 30.7 Å². The molecule has 0 amide bonds. The van der Waals surface area contributed by atoms with Crippen molar-refractivity contribution in [3.63, 3.8) is 0 Å². The zero-order valence-corrected chi connectivity index (χ0v) is 9.37. The molecule has 1 aromatic carbocycles. The Balaban J connectivity index is 2.08. The van der Waals surface area contributed by atoms with Crippen LogP contribution in [0, 0.1) is 12.7 Å². The number of rotatable bonds is 3. The molecule has 0 aliphatic rings. The fourth-order valence-corrected chi connectivity index (χ4v) is 1.57. The van der Waals surface area contributed by atoms with Crippen molar-refractivity contribution in [1.82, 2.24) is 9.55 Å². The Morgan fingerprint density at radius 1 is 1.44 bits per heavy atom. The maximum atomic E-state index is 12.9. The lowest BCUT2D eigenvalue weighted by Gasteiger charge is -2.09. The van der Waals surface area contributed by atoms with Gasteiger partial charge in [0.25, 0.3) is 0 Å². The summed E-state index contributed by atoms with van der Waals surface area (Å²) in [5, 5.41) is 3.26. The third kappa shape index (κ3) is 2.21. The van der Waals surface area contributed by atoms with Crippen LogP contribution in [0.25, 0.3) is 0 Å². The van der Waals surface area contributed by atoms with Crippen molar-refractivity contribution in [2.24, 2.45) is 7.05 Å². The number of hydrogen-bond donors (Lipinski definition) is 1. The zero-order chi connectivity index (χ0) is 11.5. The molecule has 0 saturated heterocycles. The number of nitrogens with one attached hydrogen (secondary N) is 1. The van der Waals surface area contributed by atoms with Gasteiger partial charge < -0.3 is 9.88 Å². The molecule has 0 spiro atoms. The fourth-order valence-electron chi connectivity index (χ4n) is 1.57. The van der Waals surface area contributed by atoms with E-state index < -0.39 is 0 Å². The average molecular weight is 219 g/mol. The second kappa shape index (κ2) is 4.35. The summed E-state index contributed by atoms with van der Waals surface area (Å²) in [4.78, 5) is 4.03. The monoisotopic (exact) mass is 219 g/mol. The van der Waals surface area contributed by atoms with E-state index in [4.69, 9.17) is 0 Å². The summed E-state index contributed by atoms with van der Waals surface area (Å²) in [7, 11) is 1.95. The highest BCUT2D eigenvalue weighted by molar-refractivity contribution is 5.50. The van der Waals surface area contributed by atoms with Crippen molar-refractivity contribution in [3.8, 4) is 0 Å². The van der Waals surface area contributed by atoms with E-state index >= 15 is 0 Å². The van der Waals surface area contributed by atoms with Gasteiger partial charge in [0.05, 0.1) is 18.6 Å². The summed E-state index contributed by atoms with van der Waals surface area (Å²) in [6.07, 6.45) is 3.57. The highest BCUT2D eigenvalue weighted by Gasteiger charge is 2.01. The van der Waals surface area contributed by atoms with E-state index in [9.17, 15) is 4.39 Å². The van der Waals surface area contributed by atoms with E-state index in [-0.39, 0.29) is 5.82 Å². The van der Waals surface area contributed by atoms with Gasteiger partial charge in [0, 0.05) is 18.9 Å². The van der Waals surface area contributed by atoms with Gasteiger partial charge in [0.1, 0.15) is 5.82 Å². The maximum Gasteiger partial charge on any atom is 0.123 e. The van der Waals surface area contributed by atoms with E-state index in [2.05, 4.69) is 10.3 Å². The molecule has 84 valence electrons. The van der Waals surface area contributed by atoms with Crippen molar-refractivity contribution in [3.05, 3.63) is 47.8 Å². The molecule has 0 fully saturated rings. The Labute approximate surface area is 93.9 Å². The molecule has 0 unspecified atom stereocenters. The molecule has 1 N–H and O–H groups in total. The average Bonchev–Trinajstić information content (AvgIpc) is 2.63. The van der Waals surface area contributed by atoms with Gasteiger partial charge in [-0.25, -0.2) is 9.37 Å². The predicted octanol–water partition coefficient (Wildman–Crippen LogP) is 2.48. The van der Waals surface area contributed by atoms with Crippen LogP contribution in [0.15, 0.2) is 30.7 Å². The second-order valence-electron chi connectivity index (χ2n) is 3.81. The standard InChI is InChI=1S/C12H14FN3/c1-9-5-10(13)3-4-12(9)15-7-11-6-14-8-16(11)2/h3-6,8,15H,7H2,1-2H3. The van der Waals surface area contributed by atoms with Crippen molar-refractivity contribution < 1.29 is 4.39 Å². The van der Waals surface area contributed by atoms with Gasteiger partial charge in [0.2, 0.25) is 0 Å². The Bertz CT molecular complexity index is 491. The van der Waals surface area contributed by atoms with Crippen LogP contribution >= 0.6 is 0 Å². The molecular weight excluding hydrogens is 205 g/mol. The van der Waals surface area contributed by atoms with Crippen LogP contribution in [0.4, 0.5) is 10.1 Å². The molecule has 0 radical (unpaired) electrons. The normalized spacial score (nSPS) is 10.4. The molecule has 1 aromatic heterocycles. The van der Waals surface area contributed by atoms with Crippen molar-refractivity contribution in [2.45, 2.75) is 13.5 Å². The van der Waals surface area contributed by atoms with Gasteiger partial charge in [-0.1, -0.05) is 0 Å². The number of aryl methyl sites for hydroxylation is 2. The minimum absolute atomic E-state index is 0.205. The van der Waals surface area contributed by atoms with E-state index in [0.29, 0.717) is 6.54 Å². The molecule has 2 rings (SSSR count). The minimum atomic E-state index is -0.205. The predicted molar refractivity (Wildman–Crippen MR) is 61.7 cm³/mol. The Hall–Kier alpha value is -1.84. The summed E-state index contributed by atoms with van der Waals surface area (Å²) in [6, 6.07) is 4.73. The molecule has 2 aromatic rings. The molecule has 0 aliphatic carbocycles. The number of hydrogen-bond acceptors (Lipinski definition) is 2. The van der Waals surface area contributed by atoms with Crippen LogP contribution in [0.3, 0.4) is 0 Å². The van der Waals surface area contributed by atoms with Crippen molar-refractivity contribution in [1.29, 1.82) is 0 Å². The molecule has 1 heterocycles. The van der Waals surface area contributed by atoms with Crippen LogP contribution in [0.5, 0.6) is 0 Å². The molecule has 3 nitrogen and oxygen atoms in total. The summed E-state index contributed by atoms with van der Waals surface area (Å²) < 4.78 is 14.8. The number of aromatic nitrogens is 2. The first-order chi connectivity index (χ1) is 7.66. The van der Waals surface area contributed by atoms with Crippen molar-refractivity contribution in [2.75, 3.05) is 5.32 Å². The largest absolute Gasteiger partial charge is 0.379 e. The summed E-state index contributed by atoms with van der Waals surface area (Å²) >= 11 is 0. The number of nitrogens with zero attached hydrogens (tertiary/aromatic N) is 2. The molecule has 0 aliphatic heterocycles. The van der Waals surface area contributed by atoms with E-state index in [0.717, 1.165) is 16.9 Å². The third-order valence-corrected chi connectivity index (χ3v) is 2.56. The van der Waals surface area contributed by atoms with Gasteiger partial charge in [-0.2, -0.15) is 0 Å². The van der Waals surface area contributed by atoms with Crippen molar-refractivity contribution >= 4 is 5.69 Å².